The lowest BCUT2D eigenvalue weighted by molar-refractivity contribution is -0.190. The molecule has 0 spiro atoms. The Morgan fingerprint density at radius 1 is 0.940 bits per heavy atom. The summed E-state index contributed by atoms with van der Waals surface area (Å²) in [6.07, 6.45) is 2.73. The molecule has 0 N–H and O–H groups in total. The molecule has 3 atom stereocenters. The molecule has 4 aromatic rings. The van der Waals surface area contributed by atoms with Gasteiger partial charge in [0.05, 0.1) is 17.7 Å². The number of Topliss-reactive ketones (excluding diaryl/α,β-unsaturated/α-hetero) is 1. The number of ether oxygens (including phenoxy) is 3. The van der Waals surface area contributed by atoms with Crippen LogP contribution >= 0.6 is 23.2 Å². The highest BCUT2D eigenvalue weighted by atomic mass is 35.5. The monoisotopic (exact) mass is 719 g/mol. The van der Waals surface area contributed by atoms with Crippen LogP contribution in [-0.4, -0.2) is 96.1 Å². The first kappa shape index (κ1) is 34.1. The first-order valence-electron chi connectivity index (χ1n) is 16.7. The maximum atomic E-state index is 12.9. The fraction of sp³-hybridized carbons (Fsp3) is 0.389. The zero-order valence-corrected chi connectivity index (χ0v) is 29.5. The molecular weight excluding hydrogens is 681 g/mol. The number of ketones is 1. The van der Waals surface area contributed by atoms with Crippen molar-refractivity contribution in [2.75, 3.05) is 67.2 Å². The molecular formula is C36H39Cl2N7O5. The fourth-order valence-electron chi connectivity index (χ4n) is 6.66. The summed E-state index contributed by atoms with van der Waals surface area (Å²) in [5.41, 5.74) is 3.77. The molecule has 3 fully saturated rings. The number of carbonyl (C=O) groups excluding carboxylic acids is 2. The SMILES string of the molecule is CC(=O)C(C)N1CCN(c2ccc(N3CCN(c4ccc(OC[C@@H]5CO[C@@](Cn6cncn6)(c6ccc(Cl)cc6Cl)O5)cc4)CC3)cc2)C1=O. The van der Waals surface area contributed by atoms with Crippen molar-refractivity contribution < 1.29 is 23.8 Å². The van der Waals surface area contributed by atoms with Crippen LogP contribution in [0.5, 0.6) is 5.75 Å². The number of amides is 2. The van der Waals surface area contributed by atoms with Gasteiger partial charge in [-0.15, -0.1) is 0 Å². The number of benzene rings is 3. The summed E-state index contributed by atoms with van der Waals surface area (Å²) in [4.78, 5) is 36.9. The highest BCUT2D eigenvalue weighted by molar-refractivity contribution is 6.35. The Balaban J connectivity index is 0.908. The molecule has 2 amide bonds. The van der Waals surface area contributed by atoms with Crippen molar-refractivity contribution in [3.8, 4) is 5.75 Å². The van der Waals surface area contributed by atoms with Gasteiger partial charge in [0.1, 0.15) is 37.7 Å². The lowest BCUT2D eigenvalue weighted by atomic mass is 10.1. The second kappa shape index (κ2) is 14.5. The summed E-state index contributed by atoms with van der Waals surface area (Å²) in [6, 6.07) is 21.0. The van der Waals surface area contributed by atoms with Crippen LogP contribution in [-0.2, 0) is 26.6 Å². The Hall–Kier alpha value is -4.36. The first-order chi connectivity index (χ1) is 24.2. The van der Waals surface area contributed by atoms with Crippen LogP contribution in [0.1, 0.15) is 19.4 Å². The van der Waals surface area contributed by atoms with Gasteiger partial charge in [-0.1, -0.05) is 29.3 Å². The van der Waals surface area contributed by atoms with E-state index < -0.39 is 11.8 Å². The highest BCUT2D eigenvalue weighted by Crippen LogP contribution is 2.40. The molecule has 14 heteroatoms. The molecule has 12 nitrogen and oxygen atoms in total. The van der Waals surface area contributed by atoms with E-state index in [-0.39, 0.29) is 24.5 Å². The third-order valence-electron chi connectivity index (χ3n) is 9.58. The predicted octanol–water partition coefficient (Wildman–Crippen LogP) is 5.48. The molecule has 3 aliphatic rings. The Morgan fingerprint density at radius 3 is 2.22 bits per heavy atom. The average Bonchev–Trinajstić information content (AvgIpc) is 3.88. The second-order valence-electron chi connectivity index (χ2n) is 12.7. The van der Waals surface area contributed by atoms with Crippen LogP contribution in [0.4, 0.5) is 21.9 Å². The number of urea groups is 1. The molecule has 0 radical (unpaired) electrons. The number of carbonyl (C=O) groups is 2. The van der Waals surface area contributed by atoms with Gasteiger partial charge in [-0.2, -0.15) is 5.10 Å². The van der Waals surface area contributed by atoms with Crippen molar-refractivity contribution in [3.63, 3.8) is 0 Å². The van der Waals surface area contributed by atoms with E-state index >= 15 is 0 Å². The Morgan fingerprint density at radius 2 is 1.60 bits per heavy atom. The van der Waals surface area contributed by atoms with E-state index in [1.807, 2.05) is 30.3 Å². The van der Waals surface area contributed by atoms with Crippen molar-refractivity contribution in [1.82, 2.24) is 19.7 Å². The van der Waals surface area contributed by atoms with Crippen LogP contribution < -0.4 is 19.4 Å². The maximum Gasteiger partial charge on any atom is 0.325 e. The van der Waals surface area contributed by atoms with E-state index in [0.717, 1.165) is 49.0 Å². The number of hydrogen-bond acceptors (Lipinski definition) is 9. The van der Waals surface area contributed by atoms with Crippen LogP contribution in [0.3, 0.4) is 0 Å². The lowest BCUT2D eigenvalue weighted by Gasteiger charge is -2.37. The van der Waals surface area contributed by atoms with Crippen LogP contribution in [0.2, 0.25) is 10.0 Å². The van der Waals surface area contributed by atoms with Crippen molar-refractivity contribution in [2.24, 2.45) is 0 Å². The predicted molar refractivity (Wildman–Crippen MR) is 191 cm³/mol. The number of anilines is 3. The number of rotatable bonds is 11. The van der Waals surface area contributed by atoms with Gasteiger partial charge in [0.25, 0.3) is 0 Å². The molecule has 7 rings (SSSR count). The Kier molecular flexibility index (Phi) is 9.87. The van der Waals surface area contributed by atoms with Crippen molar-refractivity contribution in [2.45, 2.75) is 38.3 Å². The Bertz CT molecular complexity index is 1800. The van der Waals surface area contributed by atoms with Gasteiger partial charge in [-0.25, -0.2) is 14.5 Å². The topological polar surface area (TPSA) is 106 Å². The van der Waals surface area contributed by atoms with Gasteiger partial charge in [-0.05, 0) is 74.5 Å². The number of piperazine rings is 1. The maximum absolute atomic E-state index is 12.9. The normalized spacial score (nSPS) is 21.6. The summed E-state index contributed by atoms with van der Waals surface area (Å²) < 4.78 is 20.5. The summed E-state index contributed by atoms with van der Waals surface area (Å²) in [6.45, 7) is 8.80. The average molecular weight is 721 g/mol. The third kappa shape index (κ3) is 7.11. The fourth-order valence-corrected chi connectivity index (χ4v) is 7.22. The smallest absolute Gasteiger partial charge is 0.325 e. The number of halogens is 2. The minimum Gasteiger partial charge on any atom is -0.491 e. The minimum atomic E-state index is -1.16. The van der Waals surface area contributed by atoms with E-state index in [1.165, 1.54) is 13.3 Å². The molecule has 50 heavy (non-hydrogen) atoms. The molecule has 4 heterocycles. The van der Waals surface area contributed by atoms with E-state index in [2.05, 4.69) is 44.1 Å². The molecule has 0 bridgehead atoms. The summed E-state index contributed by atoms with van der Waals surface area (Å²) in [7, 11) is 0. The molecule has 3 saturated heterocycles. The van der Waals surface area contributed by atoms with E-state index in [0.29, 0.717) is 41.9 Å². The second-order valence-corrected chi connectivity index (χ2v) is 13.6. The van der Waals surface area contributed by atoms with Crippen molar-refractivity contribution in [3.05, 3.63) is 95.0 Å². The highest BCUT2D eigenvalue weighted by Gasteiger charge is 2.45. The molecule has 0 saturated carbocycles. The lowest BCUT2D eigenvalue weighted by Crippen LogP contribution is -2.46. The molecule has 1 aromatic heterocycles. The van der Waals surface area contributed by atoms with Crippen LogP contribution in [0, 0.1) is 0 Å². The van der Waals surface area contributed by atoms with Crippen LogP contribution in [0.15, 0.2) is 79.4 Å². The van der Waals surface area contributed by atoms with Gasteiger partial charge in [0.15, 0.2) is 5.78 Å². The van der Waals surface area contributed by atoms with Crippen molar-refractivity contribution >= 4 is 52.1 Å². The zero-order valence-electron chi connectivity index (χ0n) is 28.0. The first-order valence-corrected chi connectivity index (χ1v) is 17.5. The Labute approximate surface area is 301 Å². The van der Waals surface area contributed by atoms with Gasteiger partial charge < -0.3 is 28.9 Å². The molecule has 262 valence electrons. The number of hydrogen-bond donors (Lipinski definition) is 0. The van der Waals surface area contributed by atoms with Gasteiger partial charge in [-0.3, -0.25) is 9.69 Å². The number of nitrogens with zero attached hydrogens (tertiary/aromatic N) is 7. The third-order valence-corrected chi connectivity index (χ3v) is 10.1. The number of aromatic nitrogens is 3. The summed E-state index contributed by atoms with van der Waals surface area (Å²) in [5.74, 6) is -0.430. The largest absolute Gasteiger partial charge is 0.491 e. The van der Waals surface area contributed by atoms with Gasteiger partial charge in [0, 0.05) is 66.9 Å². The molecule has 3 aliphatic heterocycles. The molecule has 1 unspecified atom stereocenters. The summed E-state index contributed by atoms with van der Waals surface area (Å²) in [5, 5.41) is 5.20. The van der Waals surface area contributed by atoms with Crippen molar-refractivity contribution in [1.29, 1.82) is 0 Å². The van der Waals surface area contributed by atoms with E-state index in [9.17, 15) is 9.59 Å². The zero-order chi connectivity index (χ0) is 34.8. The minimum absolute atomic E-state index is 0.00552. The van der Waals surface area contributed by atoms with Crippen LogP contribution in [0.25, 0.3) is 0 Å². The van der Waals surface area contributed by atoms with E-state index in [1.54, 1.807) is 39.9 Å². The van der Waals surface area contributed by atoms with Gasteiger partial charge >= 0.3 is 6.03 Å². The standard InChI is InChI=1S/C36H39Cl2N7O5/c1-25(26(2)46)44-17-18-45(35(44)47)30-6-4-28(5-7-30)41-13-15-42(16-14-41)29-8-10-31(11-9-29)48-20-32-21-49-36(50-32,22-43-24-39-23-40-43)33-12-3-27(37)19-34(33)38/h3-12,19,23-25,32H,13-18,20-22H2,1-2H3/t25?,32-,36-/m1/s1. The molecule has 0 aliphatic carbocycles. The molecule has 3 aromatic carbocycles. The summed E-state index contributed by atoms with van der Waals surface area (Å²) >= 11 is 12.7. The van der Waals surface area contributed by atoms with Gasteiger partial charge in [0.2, 0.25) is 5.79 Å². The van der Waals surface area contributed by atoms with E-state index in [4.69, 9.17) is 37.4 Å². The quantitative estimate of drug-likeness (QED) is 0.199.